The van der Waals surface area contributed by atoms with Crippen LogP contribution in [0.2, 0.25) is 0 Å². The lowest BCUT2D eigenvalue weighted by Gasteiger charge is -2.30. The number of fused-ring (bicyclic) bond motifs is 1. The van der Waals surface area contributed by atoms with E-state index < -0.39 is 98.1 Å². The fourth-order valence-electron chi connectivity index (χ4n) is 7.21. The Bertz CT molecular complexity index is 1840. The lowest BCUT2D eigenvalue weighted by atomic mass is 9.91. The Morgan fingerprint density at radius 2 is 1.83 bits per heavy atom. The Balaban J connectivity index is 1.39. The summed E-state index contributed by atoms with van der Waals surface area (Å²) in [5.41, 5.74) is -1.28. The highest BCUT2D eigenvalue weighted by atomic mass is 32.2. The molecule has 0 aromatic heterocycles. The van der Waals surface area contributed by atoms with E-state index in [-0.39, 0.29) is 51.9 Å². The summed E-state index contributed by atoms with van der Waals surface area (Å²) >= 11 is 0. The minimum Gasteiger partial charge on any atom is -0.460 e. The number of amides is 4. The van der Waals surface area contributed by atoms with Gasteiger partial charge in [-0.3, -0.25) is 33.6 Å². The van der Waals surface area contributed by atoms with Crippen LogP contribution in [-0.2, 0) is 56.6 Å². The molecule has 14 nitrogen and oxygen atoms in total. The van der Waals surface area contributed by atoms with E-state index in [9.17, 15) is 41.6 Å². The number of ketones is 1. The second-order valence-electron chi connectivity index (χ2n) is 15.7. The van der Waals surface area contributed by atoms with E-state index in [4.69, 9.17) is 9.47 Å². The van der Waals surface area contributed by atoms with Crippen molar-refractivity contribution >= 4 is 45.6 Å². The van der Waals surface area contributed by atoms with Crippen molar-refractivity contribution in [1.29, 1.82) is 0 Å². The molecule has 54 heavy (non-hydrogen) atoms. The van der Waals surface area contributed by atoms with Crippen LogP contribution < -0.4 is 4.72 Å². The second kappa shape index (κ2) is 15.6. The Morgan fingerprint density at radius 3 is 2.43 bits per heavy atom. The number of carbonyl (C=O) groups excluding carboxylic acids is 6. The average molecular weight is 773 g/mol. The quantitative estimate of drug-likeness (QED) is 0.158. The SMILES string of the molecule is C=CC(=O)N(C)CC[C@H](CC(=O)OC(C)(C)C)C(=O)N1CC(OC(=O)N2Cc3cccc(F)c3C2)C[C@H]1C(=O)C[C@]1(C(=O)NS(=O)(=O)C2CC2)C[C@H]1C=C. The first-order chi connectivity index (χ1) is 25.3. The van der Waals surface area contributed by atoms with Crippen LogP contribution in [0.3, 0.4) is 0 Å². The van der Waals surface area contributed by atoms with E-state index in [0.717, 1.165) is 6.08 Å². The van der Waals surface area contributed by atoms with Crippen LogP contribution in [0.4, 0.5) is 9.18 Å². The van der Waals surface area contributed by atoms with Gasteiger partial charge in [-0.1, -0.05) is 24.8 Å². The largest absolute Gasteiger partial charge is 0.460 e. The summed E-state index contributed by atoms with van der Waals surface area (Å²) in [5, 5.41) is -0.670. The van der Waals surface area contributed by atoms with Crippen molar-refractivity contribution in [3.05, 3.63) is 60.5 Å². The molecule has 0 radical (unpaired) electrons. The summed E-state index contributed by atoms with van der Waals surface area (Å²) in [5.74, 6) is -5.10. The average Bonchev–Trinajstić information content (AvgIpc) is 3.99. The molecule has 1 saturated heterocycles. The van der Waals surface area contributed by atoms with Gasteiger partial charge in [0.05, 0.1) is 42.1 Å². The number of benzene rings is 1. The minimum absolute atomic E-state index is 0.0114. The van der Waals surface area contributed by atoms with Gasteiger partial charge in [0.15, 0.2) is 5.78 Å². The van der Waals surface area contributed by atoms with Crippen molar-refractivity contribution in [1.82, 2.24) is 19.4 Å². The molecule has 4 aliphatic rings. The number of halogens is 1. The van der Waals surface area contributed by atoms with Crippen molar-refractivity contribution in [2.24, 2.45) is 17.3 Å². The van der Waals surface area contributed by atoms with Crippen LogP contribution in [0, 0.1) is 23.1 Å². The van der Waals surface area contributed by atoms with E-state index in [1.54, 1.807) is 32.9 Å². The smallest absolute Gasteiger partial charge is 0.410 e. The van der Waals surface area contributed by atoms with Crippen molar-refractivity contribution in [2.75, 3.05) is 20.1 Å². The number of hydrogen-bond acceptors (Lipinski definition) is 10. The predicted molar refractivity (Wildman–Crippen MR) is 193 cm³/mol. The number of likely N-dealkylation sites (N-methyl/N-ethyl adjacent to an activating group) is 1. The summed E-state index contributed by atoms with van der Waals surface area (Å²) in [4.78, 5) is 84.8. The minimum atomic E-state index is -3.92. The highest BCUT2D eigenvalue weighted by Gasteiger charge is 2.61. The van der Waals surface area contributed by atoms with Gasteiger partial charge >= 0.3 is 12.1 Å². The van der Waals surface area contributed by atoms with Gasteiger partial charge < -0.3 is 19.3 Å². The molecular formula is C38H49FN4O10S. The highest BCUT2D eigenvalue weighted by molar-refractivity contribution is 7.90. The third-order valence-electron chi connectivity index (χ3n) is 10.5. The van der Waals surface area contributed by atoms with Crippen LogP contribution in [-0.4, -0.2) is 102 Å². The molecule has 1 N–H and O–H groups in total. The van der Waals surface area contributed by atoms with E-state index in [0.29, 0.717) is 24.0 Å². The summed E-state index contributed by atoms with van der Waals surface area (Å²) in [6.07, 6.45) is 0.937. The maximum atomic E-state index is 14.5. The number of hydrogen-bond donors (Lipinski definition) is 1. The number of likely N-dealkylation sites (tertiary alicyclic amines) is 1. The summed E-state index contributed by atoms with van der Waals surface area (Å²) < 4.78 is 53.3. The monoisotopic (exact) mass is 772 g/mol. The van der Waals surface area contributed by atoms with Gasteiger partial charge in [0.2, 0.25) is 27.7 Å². The molecule has 2 heterocycles. The molecule has 1 aromatic rings. The number of nitrogens with one attached hydrogen (secondary N) is 1. The zero-order valence-corrected chi connectivity index (χ0v) is 32.0. The molecular weight excluding hydrogens is 724 g/mol. The molecule has 1 unspecified atom stereocenters. The van der Waals surface area contributed by atoms with Crippen molar-refractivity contribution < 1.29 is 51.0 Å². The Kier molecular flexibility index (Phi) is 11.7. The number of Topliss-reactive ketones (excluding diaryl/α,β-unsaturated/α-hetero) is 1. The topological polar surface area (TPSA) is 177 Å². The maximum absolute atomic E-state index is 14.5. The molecule has 2 aliphatic carbocycles. The summed E-state index contributed by atoms with van der Waals surface area (Å²) in [6.45, 7) is 12.2. The van der Waals surface area contributed by atoms with Gasteiger partial charge in [-0.25, -0.2) is 17.6 Å². The van der Waals surface area contributed by atoms with E-state index in [1.165, 1.54) is 33.9 Å². The number of esters is 1. The summed E-state index contributed by atoms with van der Waals surface area (Å²) in [6, 6.07) is 3.34. The highest BCUT2D eigenvalue weighted by Crippen LogP contribution is 2.57. The van der Waals surface area contributed by atoms with Crippen LogP contribution >= 0.6 is 0 Å². The van der Waals surface area contributed by atoms with Gasteiger partial charge in [-0.05, 0) is 70.1 Å². The number of allylic oxidation sites excluding steroid dienone is 1. The van der Waals surface area contributed by atoms with Gasteiger partial charge in [-0.2, -0.15) is 0 Å². The van der Waals surface area contributed by atoms with Crippen LogP contribution in [0.5, 0.6) is 0 Å². The van der Waals surface area contributed by atoms with Gasteiger partial charge in [0.1, 0.15) is 17.5 Å². The first kappa shape index (κ1) is 40.6. The van der Waals surface area contributed by atoms with Crippen molar-refractivity contribution in [3.8, 4) is 0 Å². The van der Waals surface area contributed by atoms with E-state index >= 15 is 0 Å². The number of sulfonamides is 1. The fourth-order valence-corrected chi connectivity index (χ4v) is 8.60. The van der Waals surface area contributed by atoms with Gasteiger partial charge in [0.25, 0.3) is 0 Å². The molecule has 294 valence electrons. The normalized spacial score (nSPS) is 23.8. The number of nitrogens with zero attached hydrogens (tertiary/aromatic N) is 3. The Hall–Kier alpha value is -4.60. The number of rotatable bonds is 15. The summed E-state index contributed by atoms with van der Waals surface area (Å²) in [7, 11) is -2.41. The molecule has 4 amide bonds. The first-order valence-corrected chi connectivity index (χ1v) is 19.7. The Labute approximate surface area is 315 Å². The van der Waals surface area contributed by atoms with E-state index in [2.05, 4.69) is 17.9 Å². The molecule has 0 spiro atoms. The predicted octanol–water partition coefficient (Wildman–Crippen LogP) is 3.39. The number of carbonyl (C=O) groups is 6. The fraction of sp³-hybridized carbons (Fsp3) is 0.579. The maximum Gasteiger partial charge on any atom is 0.410 e. The zero-order valence-electron chi connectivity index (χ0n) is 31.2. The van der Waals surface area contributed by atoms with Gasteiger partial charge in [0, 0.05) is 38.5 Å². The van der Waals surface area contributed by atoms with Crippen LogP contribution in [0.25, 0.3) is 0 Å². The molecule has 2 saturated carbocycles. The third kappa shape index (κ3) is 9.19. The van der Waals surface area contributed by atoms with Crippen molar-refractivity contribution in [3.63, 3.8) is 0 Å². The standard InChI is InChI=1S/C38H49FN4O10S/c1-7-25-18-38(25,35(48)40-54(50,51)27-12-13-27)19-31(44)30-17-26(52-36(49)42-20-24-10-9-11-29(39)28(24)22-42)21-43(30)34(47)23(14-15-41(6)32(45)8-2)16-33(46)53-37(3,4)5/h7-11,23,25-27,30H,1-2,12-22H2,3-6H3,(H,40,48)/t23-,25-,26?,30+,38-/m1/s1. The molecule has 0 bridgehead atoms. The lowest BCUT2D eigenvalue weighted by Crippen LogP contribution is -2.47. The molecule has 5 atom stereocenters. The Morgan fingerprint density at radius 1 is 1.13 bits per heavy atom. The number of ether oxygens (including phenoxy) is 2. The van der Waals surface area contributed by atoms with Gasteiger partial charge in [-0.15, -0.1) is 6.58 Å². The molecule has 5 rings (SSSR count). The van der Waals surface area contributed by atoms with Crippen LogP contribution in [0.15, 0.2) is 43.5 Å². The van der Waals surface area contributed by atoms with Crippen LogP contribution in [0.1, 0.15) is 76.8 Å². The molecule has 3 fully saturated rings. The molecule has 2 aliphatic heterocycles. The first-order valence-electron chi connectivity index (χ1n) is 18.1. The van der Waals surface area contributed by atoms with Crippen molar-refractivity contribution in [2.45, 2.75) is 102 Å². The lowest BCUT2D eigenvalue weighted by molar-refractivity contribution is -0.159. The second-order valence-corrected chi connectivity index (χ2v) is 17.7. The zero-order chi connectivity index (χ0) is 39.7. The third-order valence-corrected chi connectivity index (χ3v) is 12.3. The molecule has 1 aromatic carbocycles. The van der Waals surface area contributed by atoms with E-state index in [1.807, 2.05) is 0 Å². The molecule has 16 heteroatoms.